The largest absolute Gasteiger partial charge is 0.586 e. The summed E-state index contributed by atoms with van der Waals surface area (Å²) in [6.07, 6.45) is -0.884. The number of ketones is 1. The molecule has 0 unspecified atom stereocenters. The van der Waals surface area contributed by atoms with Gasteiger partial charge >= 0.3 is 12.3 Å². The van der Waals surface area contributed by atoms with E-state index in [1.54, 1.807) is 24.3 Å². The number of nitrogens with one attached hydrogen (secondary N) is 2. The summed E-state index contributed by atoms with van der Waals surface area (Å²) in [4.78, 5) is 40.1. The third kappa shape index (κ3) is 8.09. The molecule has 16 heteroatoms. The molecule has 2 aliphatic heterocycles. The summed E-state index contributed by atoms with van der Waals surface area (Å²) in [5, 5.41) is 5.58. The number of alkyl halides is 2. The van der Waals surface area contributed by atoms with E-state index in [4.69, 9.17) is 4.74 Å². The number of amides is 1. The summed E-state index contributed by atoms with van der Waals surface area (Å²) in [6, 6.07) is 10.5. The Hall–Kier alpha value is -4.34. The fourth-order valence-electron chi connectivity index (χ4n) is 4.08. The predicted octanol–water partition coefficient (Wildman–Crippen LogP) is 5.38. The number of halogens is 3. The van der Waals surface area contributed by atoms with Crippen LogP contribution in [-0.4, -0.2) is 53.1 Å². The zero-order valence-corrected chi connectivity index (χ0v) is 23.0. The molecule has 0 aliphatic carbocycles. The molecular weight excluding hydrogens is 566 g/mol. The maximum atomic E-state index is 13.2. The van der Waals surface area contributed by atoms with Gasteiger partial charge in [-0.1, -0.05) is 0 Å². The first-order valence-corrected chi connectivity index (χ1v) is 11.9. The molecule has 2 aliphatic rings. The molecule has 1 fully saturated rings. The SMILES string of the molecule is COc1nc(Nc2ccc(C(=O)CC(=O)Nc3ccc4c(c3)OC(F)(F)O4)cc2)nc(N2CCCCC2)n1.Cl.N.N.[HH].[HH]. The summed E-state index contributed by atoms with van der Waals surface area (Å²) in [5.41, 5.74) is 1.14. The maximum Gasteiger partial charge on any atom is 0.586 e. The number of rotatable bonds is 8. The summed E-state index contributed by atoms with van der Waals surface area (Å²) in [6.45, 7) is 1.73. The summed E-state index contributed by atoms with van der Waals surface area (Å²) < 4.78 is 40.3. The predicted molar refractivity (Wildman–Crippen MR) is 154 cm³/mol. The first-order chi connectivity index (χ1) is 18.3. The minimum atomic E-state index is -3.76. The van der Waals surface area contributed by atoms with Gasteiger partial charge in [0.05, 0.1) is 13.5 Å². The highest BCUT2D eigenvalue weighted by atomic mass is 35.5. The first kappa shape index (κ1) is 32.9. The number of benzene rings is 2. The molecule has 0 saturated carbocycles. The van der Waals surface area contributed by atoms with Crippen molar-refractivity contribution in [1.82, 2.24) is 27.3 Å². The Kier molecular flexibility index (Phi) is 11.1. The van der Waals surface area contributed by atoms with Crippen LogP contribution in [0.4, 0.5) is 32.1 Å². The smallest absolute Gasteiger partial charge is 0.467 e. The number of carbonyl (C=O) groups is 2. The van der Waals surface area contributed by atoms with Crippen molar-refractivity contribution in [3.05, 3.63) is 48.0 Å². The van der Waals surface area contributed by atoms with Gasteiger partial charge in [0.1, 0.15) is 0 Å². The molecule has 3 heterocycles. The Bertz CT molecular complexity index is 1370. The quantitative estimate of drug-likeness (QED) is 0.190. The van der Waals surface area contributed by atoms with Crippen molar-refractivity contribution in [2.75, 3.05) is 35.7 Å². The van der Waals surface area contributed by atoms with Crippen molar-refractivity contribution in [3.63, 3.8) is 0 Å². The van der Waals surface area contributed by atoms with E-state index in [2.05, 4.69) is 40.0 Å². The second-order valence-corrected chi connectivity index (χ2v) is 8.67. The molecule has 0 atom stereocenters. The lowest BCUT2D eigenvalue weighted by atomic mass is 10.1. The second-order valence-electron chi connectivity index (χ2n) is 8.67. The number of aromatic nitrogens is 3. The lowest BCUT2D eigenvalue weighted by molar-refractivity contribution is -0.286. The van der Waals surface area contributed by atoms with Crippen LogP contribution in [0.2, 0.25) is 0 Å². The molecule has 1 amide bonds. The summed E-state index contributed by atoms with van der Waals surface area (Å²) in [5.74, 6) is -0.538. The van der Waals surface area contributed by atoms with E-state index in [1.807, 2.05) is 0 Å². The highest BCUT2D eigenvalue weighted by Crippen LogP contribution is 2.42. The molecule has 226 valence electrons. The Morgan fingerprint density at radius 3 is 2.32 bits per heavy atom. The monoisotopic (exact) mass is 600 g/mol. The number of piperidine rings is 1. The van der Waals surface area contributed by atoms with Crippen LogP contribution in [0, 0.1) is 0 Å². The number of hydrogen-bond donors (Lipinski definition) is 4. The van der Waals surface area contributed by atoms with E-state index in [-0.39, 0.29) is 50.8 Å². The van der Waals surface area contributed by atoms with Gasteiger partial charge < -0.3 is 42.0 Å². The van der Waals surface area contributed by atoms with Gasteiger partial charge in [-0.3, -0.25) is 9.59 Å². The lowest BCUT2D eigenvalue weighted by Gasteiger charge is -2.26. The molecule has 1 saturated heterocycles. The third-order valence-corrected chi connectivity index (χ3v) is 5.89. The van der Waals surface area contributed by atoms with E-state index in [0.29, 0.717) is 23.1 Å². The van der Waals surface area contributed by atoms with Crippen LogP contribution in [-0.2, 0) is 4.79 Å². The zero-order chi connectivity index (χ0) is 26.7. The van der Waals surface area contributed by atoms with Gasteiger partial charge in [0.2, 0.25) is 17.8 Å². The Morgan fingerprint density at radius 1 is 0.976 bits per heavy atom. The highest BCUT2D eigenvalue weighted by Gasteiger charge is 2.43. The Morgan fingerprint density at radius 2 is 1.63 bits per heavy atom. The molecule has 3 aromatic rings. The van der Waals surface area contributed by atoms with Crippen LogP contribution in [0.15, 0.2) is 42.5 Å². The van der Waals surface area contributed by atoms with Crippen LogP contribution in [0.1, 0.15) is 38.9 Å². The number of fused-ring (bicyclic) bond motifs is 1. The third-order valence-electron chi connectivity index (χ3n) is 5.89. The average Bonchev–Trinajstić information content (AvgIpc) is 3.22. The van der Waals surface area contributed by atoms with Crippen LogP contribution in [0.5, 0.6) is 17.5 Å². The first-order valence-electron chi connectivity index (χ1n) is 11.9. The fourth-order valence-corrected chi connectivity index (χ4v) is 4.08. The van der Waals surface area contributed by atoms with Crippen LogP contribution in [0.25, 0.3) is 0 Å². The number of Topliss-reactive ketones (excluding diaryl/α,β-unsaturated/α-hetero) is 1. The maximum absolute atomic E-state index is 13.2. The second kappa shape index (κ2) is 13.8. The highest BCUT2D eigenvalue weighted by molar-refractivity contribution is 6.11. The summed E-state index contributed by atoms with van der Waals surface area (Å²) >= 11 is 0. The lowest BCUT2D eigenvalue weighted by Crippen LogP contribution is -2.31. The molecule has 13 nitrogen and oxygen atoms in total. The van der Waals surface area contributed by atoms with Gasteiger partial charge in [-0.2, -0.15) is 15.0 Å². The minimum absolute atomic E-state index is 0. The number of anilines is 4. The Balaban J connectivity index is 0.00000353. The molecule has 2 aromatic carbocycles. The van der Waals surface area contributed by atoms with Gasteiger partial charge in [0.25, 0.3) is 0 Å². The fraction of sp³-hybridized carbons (Fsp3) is 0.320. The standard InChI is InChI=1S/C25H24F2N6O5.ClH.2H3N.2H2/c1-36-24-31-22(30-23(32-24)33-11-3-2-4-12-33)29-16-7-5-15(6-8-16)18(34)14-21(35)28-17-9-10-19-20(13-17)38-25(26,27)37-19;;;;;/h5-10,13H,2-4,11-12,14H2,1H3,(H,28,35)(H,29,30,31,32);1H;2*1H3;2*1H. The number of methoxy groups -OCH3 is 1. The molecular formula is C25H35ClF2N8O5. The number of nitrogens with zero attached hydrogens (tertiary/aromatic N) is 4. The Labute approximate surface area is 243 Å². The normalized spacial score (nSPS) is 14.5. The van der Waals surface area contributed by atoms with Gasteiger partial charge in [0.15, 0.2) is 17.3 Å². The van der Waals surface area contributed by atoms with Crippen molar-refractivity contribution >= 4 is 47.4 Å². The van der Waals surface area contributed by atoms with E-state index in [9.17, 15) is 18.4 Å². The summed E-state index contributed by atoms with van der Waals surface area (Å²) in [7, 11) is 1.49. The van der Waals surface area contributed by atoms with E-state index >= 15 is 0 Å². The average molecular weight is 601 g/mol. The molecule has 0 radical (unpaired) electrons. The van der Waals surface area contributed by atoms with Crippen LogP contribution >= 0.6 is 12.4 Å². The van der Waals surface area contributed by atoms with Crippen molar-refractivity contribution in [3.8, 4) is 17.5 Å². The van der Waals surface area contributed by atoms with E-state index in [0.717, 1.165) is 25.9 Å². The van der Waals surface area contributed by atoms with Gasteiger partial charge in [-0.15, -0.1) is 21.2 Å². The number of hydrogen-bond acceptors (Lipinski definition) is 12. The van der Waals surface area contributed by atoms with Crippen molar-refractivity contribution in [1.29, 1.82) is 0 Å². The molecule has 5 rings (SSSR count). The number of ether oxygens (including phenoxy) is 3. The van der Waals surface area contributed by atoms with Crippen LogP contribution < -0.4 is 42.0 Å². The van der Waals surface area contributed by atoms with Gasteiger partial charge in [-0.05, 0) is 55.7 Å². The molecule has 0 spiro atoms. The van der Waals surface area contributed by atoms with Gasteiger partial charge in [0, 0.05) is 38.9 Å². The minimum Gasteiger partial charge on any atom is -0.467 e. The molecule has 1 aromatic heterocycles. The molecule has 41 heavy (non-hydrogen) atoms. The molecule has 0 bridgehead atoms. The zero-order valence-electron chi connectivity index (χ0n) is 22.2. The molecule has 8 N–H and O–H groups in total. The van der Waals surface area contributed by atoms with Crippen molar-refractivity contribution < 1.29 is 35.4 Å². The van der Waals surface area contributed by atoms with E-state index < -0.39 is 24.4 Å². The van der Waals surface area contributed by atoms with E-state index in [1.165, 1.54) is 31.7 Å². The topological polar surface area (TPSA) is 198 Å². The van der Waals surface area contributed by atoms with Crippen molar-refractivity contribution in [2.45, 2.75) is 32.0 Å². The van der Waals surface area contributed by atoms with Gasteiger partial charge in [-0.25, -0.2) is 0 Å². The van der Waals surface area contributed by atoms with Crippen LogP contribution in [0.3, 0.4) is 0 Å². The number of carbonyl (C=O) groups excluding carboxylic acids is 2. The van der Waals surface area contributed by atoms with Crippen molar-refractivity contribution in [2.24, 2.45) is 0 Å².